The summed E-state index contributed by atoms with van der Waals surface area (Å²) in [4.78, 5) is 6.60. The van der Waals surface area contributed by atoms with Crippen molar-refractivity contribution in [2.75, 3.05) is 30.1 Å². The molecule has 428 valence electrons. The van der Waals surface area contributed by atoms with Gasteiger partial charge in [0.2, 0.25) is 11.9 Å². The summed E-state index contributed by atoms with van der Waals surface area (Å²) in [6.07, 6.45) is 0. The molecule has 0 aliphatic rings. The van der Waals surface area contributed by atoms with Crippen LogP contribution < -0.4 is 168 Å². The monoisotopic (exact) mass is 1370 g/mol. The predicted molar refractivity (Wildman–Crippen MR) is 266 cm³/mol. The molecular weight excluding hydrogens is 1340 g/mol. The van der Waals surface area contributed by atoms with E-state index in [0.717, 1.165) is 86.0 Å². The molecule has 7 rings (SSSR count). The van der Waals surface area contributed by atoms with Crippen LogP contribution >= 0.6 is 0 Å². The van der Waals surface area contributed by atoms with Gasteiger partial charge in [-0.05, 0) is 102 Å². The Kier molecular flexibility index (Phi) is 28.8. The van der Waals surface area contributed by atoms with Crippen LogP contribution in [0.15, 0.2) is 163 Å². The fraction of sp³-hybridized carbons (Fsp3) is 0.0750. The zero-order chi connectivity index (χ0) is 59.7. The third-order valence-electron chi connectivity index (χ3n) is 10.1. The molecule has 46 heteroatoms. The minimum Gasteiger partial charge on any atom is -0.871 e. The zero-order valence-corrected chi connectivity index (χ0v) is 60.3. The van der Waals surface area contributed by atoms with Crippen LogP contribution in [0.3, 0.4) is 0 Å². The number of anilines is 4. The van der Waals surface area contributed by atoms with Crippen LogP contribution in [-0.4, -0.2) is 121 Å². The maximum Gasteiger partial charge on any atom is 1.00 e. The first kappa shape index (κ1) is 79.1. The van der Waals surface area contributed by atoms with E-state index >= 15 is 0 Å². The average Bonchev–Trinajstić information content (AvgIpc) is 3.40. The van der Waals surface area contributed by atoms with Crippen molar-refractivity contribution >= 4 is 139 Å². The van der Waals surface area contributed by atoms with Gasteiger partial charge in [-0.1, -0.05) is 11.8 Å². The summed E-state index contributed by atoms with van der Waals surface area (Å²) in [5, 5.41) is 39.0. The van der Waals surface area contributed by atoms with E-state index in [-0.39, 0.29) is 186 Å². The van der Waals surface area contributed by atoms with Gasteiger partial charge in [0.15, 0.2) is 9.84 Å². The molecule has 1 heterocycles. The second-order valence-electron chi connectivity index (χ2n) is 15.6. The number of hydrogen-bond donors (Lipinski definition) is 4. The first-order chi connectivity index (χ1) is 37.5. The van der Waals surface area contributed by atoms with E-state index in [1.54, 1.807) is 0 Å². The van der Waals surface area contributed by atoms with Gasteiger partial charge >= 0.3 is 168 Å². The van der Waals surface area contributed by atoms with E-state index in [4.69, 9.17) is 9.29 Å². The second kappa shape index (κ2) is 31.3. The Morgan fingerprint density at radius 2 is 1.00 bits per heavy atom. The molecule has 0 aliphatic heterocycles. The summed E-state index contributed by atoms with van der Waals surface area (Å²) in [5.41, 5.74) is -3.88. The molecule has 86 heavy (non-hydrogen) atoms. The number of methoxy groups -OCH3 is 1. The average molecular weight is 1370 g/mol. The third-order valence-corrected chi connectivity index (χ3v) is 16.4. The van der Waals surface area contributed by atoms with Crippen molar-refractivity contribution in [3.63, 3.8) is 0 Å². The number of hydrogen-bond acceptors (Lipinski definition) is 32. The maximum absolute atomic E-state index is 13.8. The second-order valence-corrected chi connectivity index (χ2v) is 25.6. The van der Waals surface area contributed by atoms with E-state index in [9.17, 15) is 86.8 Å². The van der Waals surface area contributed by atoms with Crippen molar-refractivity contribution in [3.8, 4) is 11.5 Å². The van der Waals surface area contributed by atoms with Gasteiger partial charge in [-0.2, -0.15) is 42.0 Å². The molecule has 1 aromatic heterocycles. The van der Waals surface area contributed by atoms with Gasteiger partial charge in [-0.15, -0.1) is 20.5 Å². The quantitative estimate of drug-likeness (QED) is 0.0295. The Bertz CT molecular complexity index is 4640. The molecule has 0 bridgehead atoms. The van der Waals surface area contributed by atoms with Gasteiger partial charge in [-0.3, -0.25) is 9.11 Å². The standard InChI is InChI=1S/C40H33N11O23S7.5Na/c1-73-32-19-31(34(78(61,62)63)20-30(32)49-48-29-13-7-25(18-33(29)77(58,59)60)47-46-23-4-10-27(11-5-23)76(55,56)57)50-51-36-35(79(64,65)66)17-21-16-24(6-12-28(21)37(36)52)42-39-43-38(44-40(45-39)80(67,68)69)41-22-2-8-26(9-3-22)75(53,54)15-14-74-81(70,71)72;;;;;/h2-13,16-20,52H,14-15H2,1H3,(H,55,56,57)(H,58,59,60)(H,61,62,63)(H,64,65,66)(H,67,68,69)(H,70,71,72)(H2,41,42,43,44,45);;;;;/q;5*+1/p-5. The molecule has 0 fully saturated rings. The van der Waals surface area contributed by atoms with Crippen LogP contribution in [0.4, 0.5) is 57.4 Å². The van der Waals surface area contributed by atoms with Crippen molar-refractivity contribution in [2.24, 2.45) is 30.7 Å². The van der Waals surface area contributed by atoms with Crippen LogP contribution in [0.1, 0.15) is 0 Å². The van der Waals surface area contributed by atoms with Crippen LogP contribution in [-0.2, 0) is 75.0 Å². The Hall–Kier alpha value is -3.04. The van der Waals surface area contributed by atoms with Crippen molar-refractivity contribution < 1.29 is 248 Å². The molecule has 0 amide bonds. The molecule has 0 saturated heterocycles. The number of fused-ring (bicyclic) bond motifs is 1. The van der Waals surface area contributed by atoms with Crippen molar-refractivity contribution in [1.29, 1.82) is 0 Å². The van der Waals surface area contributed by atoms with Crippen LogP contribution in [0.25, 0.3) is 10.8 Å². The molecular formula is C40H28N11Na5O23S7. The SMILES string of the molecule is COc1cc(N=Nc2c(S(=O)(=O)[O-])cc3cc(Nc4nc(Nc5ccc(S(=O)(=O)CCOS(=O)(=O)O)cc5)nc(S(=O)(=O)O)n4)ccc3c2[O-])c(S(=O)(=O)[O-])cc1N=Nc1ccc(N=Nc2ccc(S(=O)(=O)[O-])cc2)cc1S(=O)(=O)[O-].[Na+].[Na+].[Na+].[Na+].[Na+]. The Labute approximate surface area is 598 Å². The number of sulfone groups is 1. The van der Waals surface area contributed by atoms with Gasteiger partial charge in [0.1, 0.15) is 63.3 Å². The van der Waals surface area contributed by atoms with Gasteiger partial charge < -0.3 is 38.7 Å². The van der Waals surface area contributed by atoms with Crippen LogP contribution in [0.2, 0.25) is 0 Å². The number of rotatable bonds is 21. The molecule has 0 unspecified atom stereocenters. The van der Waals surface area contributed by atoms with Crippen molar-refractivity contribution in [1.82, 2.24) is 15.0 Å². The molecule has 0 atom stereocenters. The fourth-order valence-corrected chi connectivity index (χ4v) is 10.8. The molecule has 4 N–H and O–H groups in total. The zero-order valence-electron chi connectivity index (χ0n) is 44.6. The molecule has 34 nitrogen and oxygen atoms in total. The number of aromatic nitrogens is 3. The number of azo groups is 3. The smallest absolute Gasteiger partial charge is 0.871 e. The number of nitrogens with one attached hydrogen (secondary N) is 2. The topological polar surface area (TPSA) is 550 Å². The largest absolute Gasteiger partial charge is 1.00 e. The summed E-state index contributed by atoms with van der Waals surface area (Å²) in [6, 6.07) is 16.1. The van der Waals surface area contributed by atoms with Gasteiger partial charge in [-0.25, -0.2) is 46.3 Å². The maximum atomic E-state index is 13.8. The predicted octanol–water partition coefficient (Wildman–Crippen LogP) is -10.7. The fourth-order valence-electron chi connectivity index (χ4n) is 6.57. The normalized spacial score (nSPS) is 12.4. The van der Waals surface area contributed by atoms with Crippen molar-refractivity contribution in [3.05, 3.63) is 103 Å². The molecule has 0 saturated carbocycles. The third kappa shape index (κ3) is 21.3. The molecule has 0 radical (unpaired) electrons. The summed E-state index contributed by atoms with van der Waals surface area (Å²) >= 11 is 0. The minimum absolute atomic E-state index is 0. The first-order valence-electron chi connectivity index (χ1n) is 21.0. The van der Waals surface area contributed by atoms with E-state index < -0.39 is 154 Å². The number of benzene rings is 6. The van der Waals surface area contributed by atoms with Gasteiger partial charge in [0, 0.05) is 17.4 Å². The molecule has 0 aliphatic carbocycles. The Morgan fingerprint density at radius 3 is 1.53 bits per heavy atom. The molecule has 6 aromatic carbocycles. The van der Waals surface area contributed by atoms with Gasteiger partial charge in [0.05, 0.1) is 61.0 Å². The van der Waals surface area contributed by atoms with Gasteiger partial charge in [0.25, 0.3) is 5.16 Å². The Morgan fingerprint density at radius 1 is 0.500 bits per heavy atom. The van der Waals surface area contributed by atoms with Crippen molar-refractivity contribution in [2.45, 2.75) is 29.6 Å². The summed E-state index contributed by atoms with van der Waals surface area (Å²) < 4.78 is 245. The van der Waals surface area contributed by atoms with E-state index in [2.05, 4.69) is 60.5 Å². The number of ether oxygens (including phenoxy) is 1. The number of nitrogens with zero attached hydrogens (tertiary/aromatic N) is 9. The summed E-state index contributed by atoms with van der Waals surface area (Å²) in [5.74, 6) is -3.93. The first-order valence-corrected chi connectivity index (χ1v) is 31.1. The van der Waals surface area contributed by atoms with E-state index in [1.165, 1.54) is 0 Å². The Balaban J connectivity index is 0.00000505. The van der Waals surface area contributed by atoms with E-state index in [1.807, 2.05) is 0 Å². The molecule has 7 aromatic rings. The molecule has 0 spiro atoms. The summed E-state index contributed by atoms with van der Waals surface area (Å²) in [7, 11) is -34.8. The van der Waals surface area contributed by atoms with Crippen LogP contribution in [0.5, 0.6) is 11.5 Å². The van der Waals surface area contributed by atoms with Crippen LogP contribution in [0, 0.1) is 0 Å². The summed E-state index contributed by atoms with van der Waals surface area (Å²) in [6.45, 7) is -0.922. The van der Waals surface area contributed by atoms with E-state index in [0.29, 0.717) is 24.3 Å². The minimum atomic E-state index is -5.70.